The molecule has 0 radical (unpaired) electrons. The highest BCUT2D eigenvalue weighted by molar-refractivity contribution is 7.68. The third-order valence-corrected chi connectivity index (χ3v) is 7.87. The highest BCUT2D eigenvalue weighted by Crippen LogP contribution is 2.49. The van der Waals surface area contributed by atoms with E-state index in [9.17, 15) is 4.57 Å². The quantitative estimate of drug-likeness (QED) is 0.211. The van der Waals surface area contributed by atoms with Gasteiger partial charge in [0.2, 0.25) is 0 Å². The van der Waals surface area contributed by atoms with Gasteiger partial charge < -0.3 is 15.3 Å². The van der Waals surface area contributed by atoms with Crippen LogP contribution in [0.25, 0.3) is 32.3 Å². The van der Waals surface area contributed by atoms with Gasteiger partial charge in [-0.25, -0.2) is 0 Å². The molecule has 6 rings (SSSR count). The van der Waals surface area contributed by atoms with E-state index in [-0.39, 0.29) is 0 Å². The predicted octanol–water partition coefficient (Wildman–Crippen LogP) is 8.89. The van der Waals surface area contributed by atoms with E-state index >= 15 is 0 Å². The lowest BCUT2D eigenvalue weighted by molar-refractivity contribution is 0.585. The average Bonchev–Trinajstić information content (AvgIpc) is 2.89. The lowest BCUT2D eigenvalue weighted by atomic mass is 10.1. The Labute approximate surface area is 204 Å². The zero-order chi connectivity index (χ0) is 23.7. The van der Waals surface area contributed by atoms with Gasteiger partial charge in [-0.1, -0.05) is 109 Å². The van der Waals surface area contributed by atoms with Crippen LogP contribution in [0.2, 0.25) is 0 Å². The molecule has 0 aliphatic carbocycles. The Morgan fingerprint density at radius 2 is 0.657 bits per heavy atom. The van der Waals surface area contributed by atoms with Crippen molar-refractivity contribution in [3.05, 3.63) is 127 Å². The van der Waals surface area contributed by atoms with Crippen LogP contribution in [0.15, 0.2) is 127 Å². The van der Waals surface area contributed by atoms with Crippen LogP contribution in [0, 0.1) is 0 Å². The van der Waals surface area contributed by atoms with Crippen molar-refractivity contribution in [3.8, 4) is 0 Å². The first kappa shape index (κ1) is 21.3. The minimum atomic E-state index is -3.45. The second-order valence-corrected chi connectivity index (χ2v) is 10.4. The molecule has 0 fully saturated rings. The monoisotopic (exact) mass is 473 g/mol. The van der Waals surface area contributed by atoms with Gasteiger partial charge in [0.05, 0.1) is 17.1 Å². The summed E-state index contributed by atoms with van der Waals surface area (Å²) in [5, 5.41) is 16.3. The normalized spacial score (nSPS) is 11.5. The molecule has 6 aromatic rings. The summed E-state index contributed by atoms with van der Waals surface area (Å²) < 4.78 is 14.7. The third-order valence-electron chi connectivity index (χ3n) is 6.20. The molecule has 6 aromatic carbocycles. The van der Waals surface area contributed by atoms with E-state index in [0.717, 1.165) is 49.4 Å². The summed E-state index contributed by atoms with van der Waals surface area (Å²) >= 11 is 0. The van der Waals surface area contributed by atoms with Crippen LogP contribution < -0.4 is 15.3 Å². The van der Waals surface area contributed by atoms with Crippen LogP contribution >= 0.6 is 7.59 Å². The molecule has 3 N–H and O–H groups in total. The van der Waals surface area contributed by atoms with Crippen LogP contribution in [0.5, 0.6) is 0 Å². The van der Waals surface area contributed by atoms with Gasteiger partial charge in [-0.3, -0.25) is 4.57 Å². The molecule has 0 aliphatic heterocycles. The first-order chi connectivity index (χ1) is 17.2. The molecular formula is C30H24N3OP. The standard InChI is InChI=1S/C30H24N3OP/c34-35(31-28-19-7-13-22-10-1-4-16-25(22)28,32-29-20-8-14-23-11-2-5-17-26(23)29)33-30-21-9-15-24-12-3-6-18-27(24)30/h1-21H,(H3,31,32,33,34). The van der Waals surface area contributed by atoms with Crippen molar-refractivity contribution in [1.29, 1.82) is 0 Å². The molecule has 4 nitrogen and oxygen atoms in total. The van der Waals surface area contributed by atoms with Crippen LogP contribution in [0.4, 0.5) is 17.1 Å². The lowest BCUT2D eigenvalue weighted by Gasteiger charge is -2.26. The fourth-order valence-electron chi connectivity index (χ4n) is 4.56. The van der Waals surface area contributed by atoms with Crippen molar-refractivity contribution in [2.45, 2.75) is 0 Å². The molecule has 35 heavy (non-hydrogen) atoms. The van der Waals surface area contributed by atoms with E-state index in [2.05, 4.69) is 51.7 Å². The molecule has 0 heterocycles. The summed E-state index contributed by atoms with van der Waals surface area (Å²) in [5.74, 6) is 0. The zero-order valence-electron chi connectivity index (χ0n) is 19.0. The molecule has 0 aromatic heterocycles. The molecule has 0 spiro atoms. The number of hydrogen-bond donors (Lipinski definition) is 3. The third kappa shape index (κ3) is 4.21. The summed E-state index contributed by atoms with van der Waals surface area (Å²) in [5.41, 5.74) is 2.39. The number of hydrogen-bond acceptors (Lipinski definition) is 1. The van der Waals surface area contributed by atoms with E-state index in [1.165, 1.54) is 0 Å². The lowest BCUT2D eigenvalue weighted by Crippen LogP contribution is -2.14. The fourth-order valence-corrected chi connectivity index (χ4v) is 6.33. The van der Waals surface area contributed by atoms with Crippen LogP contribution in [0.1, 0.15) is 0 Å². The zero-order valence-corrected chi connectivity index (χ0v) is 19.9. The molecule has 0 unspecified atom stereocenters. The molecule has 0 bridgehead atoms. The minimum Gasteiger partial charge on any atom is -0.303 e. The Morgan fingerprint density at radius 3 is 1.00 bits per heavy atom. The minimum absolute atomic E-state index is 0.798. The van der Waals surface area contributed by atoms with Crippen molar-refractivity contribution in [2.24, 2.45) is 0 Å². The van der Waals surface area contributed by atoms with E-state index in [0.29, 0.717) is 0 Å². The summed E-state index contributed by atoms with van der Waals surface area (Å²) in [6.07, 6.45) is 0. The van der Waals surface area contributed by atoms with Crippen molar-refractivity contribution in [3.63, 3.8) is 0 Å². The van der Waals surface area contributed by atoms with Gasteiger partial charge in [0.25, 0.3) is 0 Å². The van der Waals surface area contributed by atoms with Crippen molar-refractivity contribution in [1.82, 2.24) is 0 Å². The largest absolute Gasteiger partial charge is 0.352 e. The van der Waals surface area contributed by atoms with E-state index in [4.69, 9.17) is 0 Å². The second-order valence-electron chi connectivity index (χ2n) is 8.52. The summed E-state index contributed by atoms with van der Waals surface area (Å²) in [7, 11) is -3.45. The Bertz CT molecular complexity index is 1510. The molecule has 0 saturated carbocycles. The second kappa shape index (κ2) is 8.83. The maximum atomic E-state index is 14.7. The van der Waals surface area contributed by atoms with Gasteiger partial charge in [0, 0.05) is 16.2 Å². The average molecular weight is 474 g/mol. The molecule has 0 amide bonds. The van der Waals surface area contributed by atoms with Crippen molar-refractivity contribution >= 4 is 57.0 Å². The van der Waals surface area contributed by atoms with Gasteiger partial charge in [-0.15, -0.1) is 0 Å². The van der Waals surface area contributed by atoms with Crippen molar-refractivity contribution < 1.29 is 4.57 Å². The maximum Gasteiger partial charge on any atom is 0.352 e. The molecular weight excluding hydrogens is 449 g/mol. The van der Waals surface area contributed by atoms with E-state index in [1.54, 1.807) is 0 Å². The summed E-state index contributed by atoms with van der Waals surface area (Å²) in [6, 6.07) is 42.3. The fraction of sp³-hybridized carbons (Fsp3) is 0. The molecule has 0 atom stereocenters. The van der Waals surface area contributed by atoms with Crippen LogP contribution in [0.3, 0.4) is 0 Å². The summed E-state index contributed by atoms with van der Waals surface area (Å²) in [4.78, 5) is 0. The molecule has 0 aliphatic rings. The number of anilines is 3. The van der Waals surface area contributed by atoms with Gasteiger partial charge in [-0.05, 0) is 34.4 Å². The highest BCUT2D eigenvalue weighted by atomic mass is 31.2. The number of nitrogens with one attached hydrogen (secondary N) is 3. The Hall–Kier alpha value is -4.27. The first-order valence-corrected chi connectivity index (χ1v) is 13.3. The smallest absolute Gasteiger partial charge is 0.303 e. The Morgan fingerprint density at radius 1 is 0.371 bits per heavy atom. The van der Waals surface area contributed by atoms with Gasteiger partial charge in [0.1, 0.15) is 0 Å². The predicted molar refractivity (Wildman–Crippen MR) is 150 cm³/mol. The van der Waals surface area contributed by atoms with Crippen LogP contribution in [-0.2, 0) is 4.57 Å². The molecule has 5 heteroatoms. The first-order valence-electron chi connectivity index (χ1n) is 11.6. The van der Waals surface area contributed by atoms with E-state index in [1.807, 2.05) is 91.0 Å². The van der Waals surface area contributed by atoms with Gasteiger partial charge in [0.15, 0.2) is 0 Å². The SMILES string of the molecule is O=P(Nc1cccc2ccccc12)(Nc1cccc2ccccc12)Nc1cccc2ccccc12. The topological polar surface area (TPSA) is 53.2 Å². The molecule has 0 saturated heterocycles. The van der Waals surface area contributed by atoms with E-state index < -0.39 is 7.59 Å². The van der Waals surface area contributed by atoms with Gasteiger partial charge >= 0.3 is 7.59 Å². The number of benzene rings is 6. The number of fused-ring (bicyclic) bond motifs is 3. The van der Waals surface area contributed by atoms with Crippen molar-refractivity contribution in [2.75, 3.05) is 15.3 Å². The summed E-state index contributed by atoms with van der Waals surface area (Å²) in [6.45, 7) is 0. The highest BCUT2D eigenvalue weighted by Gasteiger charge is 2.25. The Kier molecular flexibility index (Phi) is 5.36. The van der Waals surface area contributed by atoms with Crippen LogP contribution in [-0.4, -0.2) is 0 Å². The molecule has 170 valence electrons. The maximum absolute atomic E-state index is 14.7. The van der Waals surface area contributed by atoms with Gasteiger partial charge in [-0.2, -0.15) is 0 Å². The number of rotatable bonds is 6. The Balaban J connectivity index is 1.48.